The van der Waals surface area contributed by atoms with E-state index in [1.807, 2.05) is 0 Å². The Labute approximate surface area is 258 Å². The van der Waals surface area contributed by atoms with Gasteiger partial charge in [0.25, 0.3) is 0 Å². The van der Waals surface area contributed by atoms with Crippen LogP contribution in [0.25, 0.3) is 0 Å². The second-order valence-corrected chi connectivity index (χ2v) is 10.6. The van der Waals surface area contributed by atoms with Crippen LogP contribution in [0.1, 0.15) is 136 Å². The van der Waals surface area contributed by atoms with Crippen molar-refractivity contribution < 1.29 is 19.4 Å². The maximum atomic E-state index is 12.4. The fourth-order valence-corrected chi connectivity index (χ4v) is 4.18. The van der Waals surface area contributed by atoms with E-state index in [1.165, 1.54) is 25.7 Å². The summed E-state index contributed by atoms with van der Waals surface area (Å²) in [7, 11) is 0. The van der Waals surface area contributed by atoms with Crippen LogP contribution in [0, 0.1) is 0 Å². The van der Waals surface area contributed by atoms with E-state index in [1.54, 1.807) is 0 Å². The van der Waals surface area contributed by atoms with Gasteiger partial charge in [-0.3, -0.25) is 9.59 Å². The van der Waals surface area contributed by atoms with E-state index in [2.05, 4.69) is 98.9 Å². The SMILES string of the molecule is CC/C=C\C/C=C\C/C=C\C/C=C\C/C=C\C/C=C\CCC(=O)OC(/C=C\CCCCCC)CCCCCCC(=O)O. The van der Waals surface area contributed by atoms with Gasteiger partial charge in [0.2, 0.25) is 0 Å². The average Bonchev–Trinajstić information content (AvgIpc) is 2.97. The number of rotatable bonds is 28. The molecule has 0 radical (unpaired) electrons. The third-order valence-corrected chi connectivity index (χ3v) is 6.60. The summed E-state index contributed by atoms with van der Waals surface area (Å²) in [4.78, 5) is 23.1. The number of hydrogen-bond donors (Lipinski definition) is 1. The highest BCUT2D eigenvalue weighted by Crippen LogP contribution is 2.13. The molecule has 0 saturated carbocycles. The maximum Gasteiger partial charge on any atom is 0.306 e. The third-order valence-electron chi connectivity index (χ3n) is 6.60. The van der Waals surface area contributed by atoms with Gasteiger partial charge in [-0.05, 0) is 83.1 Å². The topological polar surface area (TPSA) is 63.6 Å². The first-order chi connectivity index (χ1) is 20.6. The quantitative estimate of drug-likeness (QED) is 0.0568. The zero-order valence-corrected chi connectivity index (χ0v) is 26.8. The number of aliphatic carboxylic acids is 1. The Morgan fingerprint density at radius 1 is 0.571 bits per heavy atom. The molecule has 0 aromatic heterocycles. The molecule has 0 rings (SSSR count). The molecule has 0 aliphatic rings. The number of allylic oxidation sites excluding steroid dienone is 13. The molecule has 0 aliphatic carbocycles. The number of carboxylic acids is 1. The Kier molecular flexibility index (Phi) is 30.4. The summed E-state index contributed by atoms with van der Waals surface area (Å²) in [6, 6.07) is 0. The highest BCUT2D eigenvalue weighted by Gasteiger charge is 2.11. The summed E-state index contributed by atoms with van der Waals surface area (Å²) in [5.41, 5.74) is 0. The summed E-state index contributed by atoms with van der Waals surface area (Å²) in [6.07, 6.45) is 47.5. The maximum absolute atomic E-state index is 12.4. The van der Waals surface area contributed by atoms with Crippen molar-refractivity contribution in [2.24, 2.45) is 0 Å². The van der Waals surface area contributed by atoms with Gasteiger partial charge in [-0.15, -0.1) is 0 Å². The van der Waals surface area contributed by atoms with Crippen LogP contribution in [0.4, 0.5) is 0 Å². The van der Waals surface area contributed by atoms with Crippen LogP contribution in [-0.4, -0.2) is 23.1 Å². The van der Waals surface area contributed by atoms with E-state index in [-0.39, 0.29) is 18.5 Å². The molecule has 1 N–H and O–H groups in total. The molecule has 0 spiro atoms. The Morgan fingerprint density at radius 2 is 1.10 bits per heavy atom. The number of unbranched alkanes of at least 4 members (excludes halogenated alkanes) is 7. The van der Waals surface area contributed by atoms with E-state index < -0.39 is 5.97 Å². The fraction of sp³-hybridized carbons (Fsp3) is 0.579. The smallest absolute Gasteiger partial charge is 0.306 e. The van der Waals surface area contributed by atoms with Crippen LogP contribution >= 0.6 is 0 Å². The van der Waals surface area contributed by atoms with Crippen molar-refractivity contribution in [2.45, 2.75) is 142 Å². The molecule has 0 aliphatic heterocycles. The normalized spacial score (nSPS) is 13.4. The van der Waals surface area contributed by atoms with Gasteiger partial charge in [-0.2, -0.15) is 0 Å². The average molecular weight is 581 g/mol. The summed E-state index contributed by atoms with van der Waals surface area (Å²) in [5, 5.41) is 8.77. The van der Waals surface area contributed by atoms with Gasteiger partial charge in [0.1, 0.15) is 6.10 Å². The second-order valence-electron chi connectivity index (χ2n) is 10.6. The molecule has 236 valence electrons. The lowest BCUT2D eigenvalue weighted by Crippen LogP contribution is -2.16. The summed E-state index contributed by atoms with van der Waals surface area (Å²) in [6.45, 7) is 4.36. The van der Waals surface area contributed by atoms with E-state index in [0.29, 0.717) is 19.3 Å². The molecule has 0 saturated heterocycles. The minimum atomic E-state index is -0.736. The zero-order valence-electron chi connectivity index (χ0n) is 26.8. The van der Waals surface area contributed by atoms with E-state index in [4.69, 9.17) is 9.84 Å². The van der Waals surface area contributed by atoms with Crippen molar-refractivity contribution in [2.75, 3.05) is 0 Å². The first-order valence-corrected chi connectivity index (χ1v) is 16.6. The number of hydrogen-bond acceptors (Lipinski definition) is 3. The molecule has 0 bridgehead atoms. The number of carboxylic acid groups (broad SMARTS) is 1. The molecule has 0 aromatic carbocycles. The van der Waals surface area contributed by atoms with Crippen molar-refractivity contribution in [3.05, 3.63) is 85.1 Å². The minimum Gasteiger partial charge on any atom is -0.481 e. The highest BCUT2D eigenvalue weighted by molar-refractivity contribution is 5.69. The molecular formula is C38H60O4. The summed E-state index contributed by atoms with van der Waals surface area (Å²) < 4.78 is 5.77. The molecular weight excluding hydrogens is 520 g/mol. The van der Waals surface area contributed by atoms with Crippen molar-refractivity contribution in [3.63, 3.8) is 0 Å². The van der Waals surface area contributed by atoms with Gasteiger partial charge in [0, 0.05) is 12.8 Å². The Balaban J connectivity index is 4.14. The Bertz CT molecular complexity index is 841. The van der Waals surface area contributed by atoms with Gasteiger partial charge in [-0.1, -0.05) is 125 Å². The van der Waals surface area contributed by atoms with Crippen LogP contribution in [0.5, 0.6) is 0 Å². The Morgan fingerprint density at radius 3 is 1.64 bits per heavy atom. The third kappa shape index (κ3) is 31.6. The van der Waals surface area contributed by atoms with Crippen LogP contribution in [0.15, 0.2) is 85.1 Å². The minimum absolute atomic E-state index is 0.152. The van der Waals surface area contributed by atoms with E-state index >= 15 is 0 Å². The molecule has 4 nitrogen and oxygen atoms in total. The van der Waals surface area contributed by atoms with Gasteiger partial charge in [-0.25, -0.2) is 0 Å². The van der Waals surface area contributed by atoms with E-state index in [0.717, 1.165) is 70.6 Å². The zero-order chi connectivity index (χ0) is 30.8. The number of ether oxygens (including phenoxy) is 1. The molecule has 0 aromatic rings. The lowest BCUT2D eigenvalue weighted by Gasteiger charge is -2.14. The van der Waals surface area contributed by atoms with Gasteiger partial charge in [0.15, 0.2) is 0 Å². The second kappa shape index (κ2) is 32.6. The number of carbonyl (C=O) groups excluding carboxylic acids is 1. The molecule has 1 unspecified atom stereocenters. The summed E-state index contributed by atoms with van der Waals surface area (Å²) in [5.74, 6) is -0.888. The highest BCUT2D eigenvalue weighted by atomic mass is 16.5. The summed E-state index contributed by atoms with van der Waals surface area (Å²) >= 11 is 0. The van der Waals surface area contributed by atoms with Gasteiger partial charge >= 0.3 is 11.9 Å². The molecule has 0 amide bonds. The first kappa shape index (κ1) is 39.1. The largest absolute Gasteiger partial charge is 0.481 e. The van der Waals surface area contributed by atoms with Crippen LogP contribution in [-0.2, 0) is 14.3 Å². The molecule has 4 heteroatoms. The van der Waals surface area contributed by atoms with Crippen molar-refractivity contribution in [1.29, 1.82) is 0 Å². The molecule has 0 heterocycles. The van der Waals surface area contributed by atoms with Crippen LogP contribution in [0.2, 0.25) is 0 Å². The lowest BCUT2D eigenvalue weighted by molar-refractivity contribution is -0.147. The van der Waals surface area contributed by atoms with E-state index in [9.17, 15) is 9.59 Å². The molecule has 42 heavy (non-hydrogen) atoms. The first-order valence-electron chi connectivity index (χ1n) is 16.6. The Hall–Kier alpha value is -2.88. The lowest BCUT2D eigenvalue weighted by atomic mass is 10.1. The van der Waals surface area contributed by atoms with Gasteiger partial charge < -0.3 is 9.84 Å². The predicted octanol–water partition coefficient (Wildman–Crippen LogP) is 11.3. The predicted molar refractivity (Wildman–Crippen MR) is 181 cm³/mol. The molecule has 1 atom stereocenters. The standard InChI is InChI=1S/C38H60O4/c1-3-5-7-9-11-12-13-14-15-16-17-18-19-20-21-22-23-25-31-35-38(41)42-36(32-28-24-10-8-6-4-2)33-29-26-27-30-34-37(39)40/h5,7,11-12,14-15,17-18,20-21,23,25,28,32,36H,3-4,6,8-10,13,16,19,22,24,26-27,29-31,33-35H2,1-2H3,(H,39,40)/b7-5-,12-11-,15-14-,18-17-,21-20-,25-23-,32-28-. The van der Waals surface area contributed by atoms with Crippen LogP contribution < -0.4 is 0 Å². The van der Waals surface area contributed by atoms with Crippen molar-refractivity contribution in [3.8, 4) is 0 Å². The van der Waals surface area contributed by atoms with Crippen molar-refractivity contribution >= 4 is 11.9 Å². The fourth-order valence-electron chi connectivity index (χ4n) is 4.18. The van der Waals surface area contributed by atoms with Crippen LogP contribution in [0.3, 0.4) is 0 Å². The number of esters is 1. The molecule has 0 fully saturated rings. The monoisotopic (exact) mass is 580 g/mol. The van der Waals surface area contributed by atoms with Crippen molar-refractivity contribution in [1.82, 2.24) is 0 Å². The number of carbonyl (C=O) groups is 2. The van der Waals surface area contributed by atoms with Gasteiger partial charge in [0.05, 0.1) is 0 Å².